The lowest BCUT2D eigenvalue weighted by Gasteiger charge is -2.31. The highest BCUT2D eigenvalue weighted by molar-refractivity contribution is 14.1. The number of hydrogen-bond acceptors (Lipinski definition) is 2. The Morgan fingerprint density at radius 1 is 1.12 bits per heavy atom. The first kappa shape index (κ1) is 10.8. The highest BCUT2D eigenvalue weighted by Gasteiger charge is 2.33. The summed E-state index contributed by atoms with van der Waals surface area (Å²) in [7, 11) is 0. The molecule has 0 amide bonds. The first-order valence-corrected chi connectivity index (χ1v) is 7.13. The van der Waals surface area contributed by atoms with Crippen LogP contribution in [0.5, 0.6) is 0 Å². The molecule has 2 heterocycles. The van der Waals surface area contributed by atoms with Crippen LogP contribution in [0.4, 0.5) is 5.69 Å². The maximum absolute atomic E-state index is 3.71. The summed E-state index contributed by atoms with van der Waals surface area (Å²) in [6.07, 6.45) is 2.68. The first-order chi connectivity index (χ1) is 7.81. The van der Waals surface area contributed by atoms with Crippen LogP contribution in [0.15, 0.2) is 24.3 Å². The monoisotopic (exact) mass is 328 g/mol. The fourth-order valence-corrected chi connectivity index (χ4v) is 3.26. The second kappa shape index (κ2) is 4.53. The van der Waals surface area contributed by atoms with E-state index in [1.54, 1.807) is 0 Å². The van der Waals surface area contributed by atoms with Gasteiger partial charge in [0, 0.05) is 28.4 Å². The number of nitrogens with zero attached hydrogens (tertiary/aromatic N) is 1. The molecular weight excluding hydrogens is 311 g/mol. The molecule has 0 aliphatic carbocycles. The molecular formula is C13H17IN2. The number of rotatable bonds is 2. The van der Waals surface area contributed by atoms with Crippen molar-refractivity contribution in [2.45, 2.75) is 18.9 Å². The molecule has 3 unspecified atom stereocenters. The van der Waals surface area contributed by atoms with Crippen LogP contribution in [0.3, 0.4) is 0 Å². The van der Waals surface area contributed by atoms with E-state index in [9.17, 15) is 0 Å². The topological polar surface area (TPSA) is 15.3 Å². The van der Waals surface area contributed by atoms with E-state index in [0.717, 1.165) is 5.92 Å². The van der Waals surface area contributed by atoms with E-state index in [1.807, 2.05) is 0 Å². The van der Waals surface area contributed by atoms with Crippen molar-refractivity contribution in [3.05, 3.63) is 27.8 Å². The van der Waals surface area contributed by atoms with Gasteiger partial charge in [-0.25, -0.2) is 0 Å². The van der Waals surface area contributed by atoms with Gasteiger partial charge in [0.05, 0.1) is 0 Å². The minimum Gasteiger partial charge on any atom is -0.382 e. The molecule has 0 saturated carbocycles. The highest BCUT2D eigenvalue weighted by Crippen LogP contribution is 2.29. The van der Waals surface area contributed by atoms with Gasteiger partial charge in [-0.05, 0) is 72.2 Å². The lowest BCUT2D eigenvalue weighted by molar-refractivity contribution is 0.255. The van der Waals surface area contributed by atoms with Crippen molar-refractivity contribution in [3.63, 3.8) is 0 Å². The van der Waals surface area contributed by atoms with E-state index in [1.165, 1.54) is 41.7 Å². The minimum atomic E-state index is 0.693. The number of anilines is 1. The second-order valence-electron chi connectivity index (χ2n) is 4.90. The van der Waals surface area contributed by atoms with Crippen LogP contribution in [0.2, 0.25) is 0 Å². The molecule has 2 nitrogen and oxygen atoms in total. The van der Waals surface area contributed by atoms with Gasteiger partial charge >= 0.3 is 0 Å². The summed E-state index contributed by atoms with van der Waals surface area (Å²) in [5.41, 5.74) is 1.28. The van der Waals surface area contributed by atoms with Gasteiger partial charge in [-0.3, -0.25) is 0 Å². The average Bonchev–Trinajstić information content (AvgIpc) is 2.69. The molecule has 1 N–H and O–H groups in total. The average molecular weight is 328 g/mol. The zero-order chi connectivity index (χ0) is 11.0. The van der Waals surface area contributed by atoms with E-state index < -0.39 is 0 Å². The zero-order valence-corrected chi connectivity index (χ0v) is 11.5. The van der Waals surface area contributed by atoms with Gasteiger partial charge in [0.2, 0.25) is 0 Å². The molecule has 16 heavy (non-hydrogen) atoms. The van der Waals surface area contributed by atoms with Crippen molar-refractivity contribution < 1.29 is 0 Å². The molecule has 3 rings (SSSR count). The van der Waals surface area contributed by atoms with Gasteiger partial charge in [0.25, 0.3) is 0 Å². The molecule has 3 heteroatoms. The van der Waals surface area contributed by atoms with E-state index in [-0.39, 0.29) is 0 Å². The fraction of sp³-hybridized carbons (Fsp3) is 0.538. The summed E-state index contributed by atoms with van der Waals surface area (Å²) in [5, 5.41) is 3.71. The fourth-order valence-electron chi connectivity index (χ4n) is 2.90. The van der Waals surface area contributed by atoms with Crippen molar-refractivity contribution in [1.29, 1.82) is 0 Å². The largest absolute Gasteiger partial charge is 0.382 e. The molecule has 86 valence electrons. The summed E-state index contributed by atoms with van der Waals surface area (Å²) in [5.74, 6) is 0.869. The zero-order valence-electron chi connectivity index (χ0n) is 9.32. The van der Waals surface area contributed by atoms with E-state index in [4.69, 9.17) is 0 Å². The molecule has 0 spiro atoms. The Balaban J connectivity index is 1.68. The normalized spacial score (nSPS) is 32.7. The Kier molecular flexibility index (Phi) is 3.07. The Bertz CT molecular complexity index is 363. The Labute approximate surface area is 111 Å². The van der Waals surface area contributed by atoms with Crippen LogP contribution in [-0.2, 0) is 0 Å². The first-order valence-electron chi connectivity index (χ1n) is 6.06. The lowest BCUT2D eigenvalue weighted by atomic mass is 9.94. The SMILES string of the molecule is Ic1ccc(NC2CCN3CCC2C3)cc1. The predicted octanol–water partition coefficient (Wildman–Crippen LogP) is 2.80. The van der Waals surface area contributed by atoms with Crippen LogP contribution in [0, 0.1) is 9.49 Å². The summed E-state index contributed by atoms with van der Waals surface area (Å²) in [4.78, 5) is 2.59. The summed E-state index contributed by atoms with van der Waals surface area (Å²) >= 11 is 2.35. The molecule has 0 aromatic heterocycles. The van der Waals surface area contributed by atoms with E-state index in [0.29, 0.717) is 6.04 Å². The number of halogens is 1. The Morgan fingerprint density at radius 2 is 1.88 bits per heavy atom. The van der Waals surface area contributed by atoms with Crippen molar-refractivity contribution in [1.82, 2.24) is 4.90 Å². The van der Waals surface area contributed by atoms with Gasteiger partial charge in [-0.15, -0.1) is 0 Å². The van der Waals surface area contributed by atoms with Crippen LogP contribution < -0.4 is 5.32 Å². The Morgan fingerprint density at radius 3 is 2.69 bits per heavy atom. The van der Waals surface area contributed by atoms with E-state index >= 15 is 0 Å². The number of piperidine rings is 1. The van der Waals surface area contributed by atoms with Gasteiger partial charge < -0.3 is 10.2 Å². The van der Waals surface area contributed by atoms with Crippen molar-refractivity contribution >= 4 is 28.3 Å². The second-order valence-corrected chi connectivity index (χ2v) is 6.14. The molecule has 2 aliphatic heterocycles. The highest BCUT2D eigenvalue weighted by atomic mass is 127. The minimum absolute atomic E-state index is 0.693. The van der Waals surface area contributed by atoms with E-state index in [2.05, 4.69) is 57.1 Å². The molecule has 0 radical (unpaired) electrons. The number of fused-ring (bicyclic) bond motifs is 2. The third kappa shape index (κ3) is 2.20. The molecule has 2 bridgehead atoms. The van der Waals surface area contributed by atoms with Crippen LogP contribution in [-0.4, -0.2) is 30.6 Å². The molecule has 3 atom stereocenters. The third-order valence-corrected chi connectivity index (χ3v) is 4.55. The smallest absolute Gasteiger partial charge is 0.0343 e. The summed E-state index contributed by atoms with van der Waals surface area (Å²) < 4.78 is 1.30. The van der Waals surface area contributed by atoms with Crippen molar-refractivity contribution in [2.75, 3.05) is 25.0 Å². The maximum atomic E-state index is 3.71. The molecule has 1 aromatic rings. The maximum Gasteiger partial charge on any atom is 0.0343 e. The number of nitrogens with one attached hydrogen (secondary N) is 1. The predicted molar refractivity (Wildman–Crippen MR) is 75.7 cm³/mol. The van der Waals surface area contributed by atoms with Crippen molar-refractivity contribution in [2.24, 2.45) is 5.92 Å². The molecule has 1 aromatic carbocycles. The summed E-state index contributed by atoms with van der Waals surface area (Å²) in [6, 6.07) is 9.43. The van der Waals surface area contributed by atoms with Gasteiger partial charge in [0.15, 0.2) is 0 Å². The van der Waals surface area contributed by atoms with Gasteiger partial charge in [-0.1, -0.05) is 0 Å². The lowest BCUT2D eigenvalue weighted by Crippen LogP contribution is -2.39. The van der Waals surface area contributed by atoms with Crippen LogP contribution >= 0.6 is 22.6 Å². The Hall–Kier alpha value is -0.290. The van der Waals surface area contributed by atoms with Crippen LogP contribution in [0.1, 0.15) is 12.8 Å². The third-order valence-electron chi connectivity index (χ3n) is 3.83. The number of benzene rings is 1. The van der Waals surface area contributed by atoms with Crippen LogP contribution in [0.25, 0.3) is 0 Å². The summed E-state index contributed by atoms with van der Waals surface area (Å²) in [6.45, 7) is 3.90. The quantitative estimate of drug-likeness (QED) is 0.840. The molecule has 2 saturated heterocycles. The van der Waals surface area contributed by atoms with Gasteiger partial charge in [0.1, 0.15) is 0 Å². The molecule has 2 fully saturated rings. The molecule has 2 aliphatic rings. The standard InChI is InChI=1S/C13H17IN2/c14-11-1-3-12(4-2-11)15-13-6-8-16-7-5-10(13)9-16/h1-4,10,13,15H,5-9H2. The number of hydrogen-bond donors (Lipinski definition) is 1. The van der Waals surface area contributed by atoms with Gasteiger partial charge in [-0.2, -0.15) is 0 Å². The van der Waals surface area contributed by atoms with Crippen molar-refractivity contribution in [3.8, 4) is 0 Å².